The number of carbonyl (C=O) groups is 1. The van der Waals surface area contributed by atoms with Crippen molar-refractivity contribution in [1.82, 2.24) is 4.90 Å². The lowest BCUT2D eigenvalue weighted by Crippen LogP contribution is -2.29. The molecule has 1 unspecified atom stereocenters. The number of carbonyl (C=O) groups excluding carboxylic acids is 1. The Kier molecular flexibility index (Phi) is 6.33. The second-order valence-electron chi connectivity index (χ2n) is 7.06. The Balaban J connectivity index is 1.90. The van der Waals surface area contributed by atoms with Gasteiger partial charge in [0.1, 0.15) is 5.75 Å². The van der Waals surface area contributed by atoms with Gasteiger partial charge < -0.3 is 9.64 Å². The van der Waals surface area contributed by atoms with Gasteiger partial charge in [-0.25, -0.2) is 0 Å². The van der Waals surface area contributed by atoms with Crippen LogP contribution in [-0.4, -0.2) is 24.5 Å². The predicted octanol–water partition coefficient (Wildman–Crippen LogP) is 6.11. The topological polar surface area (TPSA) is 29.5 Å². The van der Waals surface area contributed by atoms with Gasteiger partial charge in [-0.2, -0.15) is 26.3 Å². The van der Waals surface area contributed by atoms with E-state index in [9.17, 15) is 31.1 Å². The van der Waals surface area contributed by atoms with Gasteiger partial charge >= 0.3 is 12.4 Å². The number of rotatable bonds is 4. The molecule has 1 heterocycles. The van der Waals surface area contributed by atoms with Gasteiger partial charge in [0.15, 0.2) is 0 Å². The smallest absolute Gasteiger partial charge is 0.416 e. The summed E-state index contributed by atoms with van der Waals surface area (Å²) in [6, 6.07) is 7.21. The second kappa shape index (κ2) is 8.64. The molecular weight excluding hydrogens is 424 g/mol. The van der Waals surface area contributed by atoms with E-state index in [1.807, 2.05) is 0 Å². The van der Waals surface area contributed by atoms with Crippen LogP contribution in [0.25, 0.3) is 6.08 Å². The second-order valence-corrected chi connectivity index (χ2v) is 7.06. The summed E-state index contributed by atoms with van der Waals surface area (Å²) in [6.07, 6.45) is -6.09. The van der Waals surface area contributed by atoms with Crippen LogP contribution in [0.5, 0.6) is 5.75 Å². The highest BCUT2D eigenvalue weighted by Gasteiger charge is 2.36. The van der Waals surface area contributed by atoms with E-state index in [1.165, 1.54) is 36.3 Å². The summed E-state index contributed by atoms with van der Waals surface area (Å²) in [5, 5.41) is 0. The Hall–Kier alpha value is -2.97. The van der Waals surface area contributed by atoms with E-state index in [1.54, 1.807) is 0 Å². The molecule has 1 aliphatic rings. The van der Waals surface area contributed by atoms with Crippen molar-refractivity contribution >= 4 is 12.0 Å². The maximum atomic E-state index is 13.2. The summed E-state index contributed by atoms with van der Waals surface area (Å²) in [4.78, 5) is 14.1. The highest BCUT2D eigenvalue weighted by Crippen LogP contribution is 2.41. The third-order valence-corrected chi connectivity index (χ3v) is 5.12. The molecule has 0 spiro atoms. The average Bonchev–Trinajstić information content (AvgIpc) is 3.20. The van der Waals surface area contributed by atoms with Crippen LogP contribution in [0, 0.1) is 0 Å². The number of likely N-dealkylation sites (tertiary alicyclic amines) is 1. The number of hydrogen-bond donors (Lipinski definition) is 0. The molecular formula is C22H19F6NO2. The first kappa shape index (κ1) is 22.7. The van der Waals surface area contributed by atoms with Crippen LogP contribution in [0.1, 0.15) is 41.1 Å². The molecule has 0 N–H and O–H groups in total. The maximum absolute atomic E-state index is 13.2. The SMILES string of the molecule is COc1ccc(C(F)(F)F)cc1C1CCCN1C(=O)/C=C/c1ccccc1C(F)(F)F. The number of ether oxygens (including phenoxy) is 1. The minimum atomic E-state index is -4.58. The minimum absolute atomic E-state index is 0.171. The lowest BCUT2D eigenvalue weighted by Gasteiger charge is -2.26. The number of amides is 1. The van der Waals surface area contributed by atoms with Gasteiger partial charge in [-0.1, -0.05) is 18.2 Å². The Morgan fingerprint density at radius 3 is 2.42 bits per heavy atom. The lowest BCUT2D eigenvalue weighted by atomic mass is 10.00. The van der Waals surface area contributed by atoms with Gasteiger partial charge in [0.05, 0.1) is 24.3 Å². The zero-order chi connectivity index (χ0) is 22.8. The van der Waals surface area contributed by atoms with E-state index in [4.69, 9.17) is 4.74 Å². The van der Waals surface area contributed by atoms with Crippen LogP contribution >= 0.6 is 0 Å². The first-order valence-electron chi connectivity index (χ1n) is 9.42. The Labute approximate surface area is 174 Å². The van der Waals surface area contributed by atoms with Crippen molar-refractivity contribution in [1.29, 1.82) is 0 Å². The van der Waals surface area contributed by atoms with Crippen LogP contribution in [0.2, 0.25) is 0 Å². The van der Waals surface area contributed by atoms with Crippen molar-refractivity contribution in [3.05, 3.63) is 70.8 Å². The highest BCUT2D eigenvalue weighted by molar-refractivity contribution is 5.92. The summed E-state index contributed by atoms with van der Waals surface area (Å²) in [5.41, 5.74) is -1.70. The normalized spacial score (nSPS) is 17.4. The fourth-order valence-corrected chi connectivity index (χ4v) is 3.68. The predicted molar refractivity (Wildman–Crippen MR) is 102 cm³/mol. The fraction of sp³-hybridized carbons (Fsp3) is 0.318. The van der Waals surface area contributed by atoms with Gasteiger partial charge in [0.2, 0.25) is 5.91 Å². The number of hydrogen-bond acceptors (Lipinski definition) is 2. The van der Waals surface area contributed by atoms with Crippen molar-refractivity contribution in [2.24, 2.45) is 0 Å². The minimum Gasteiger partial charge on any atom is -0.496 e. The number of benzene rings is 2. The summed E-state index contributed by atoms with van der Waals surface area (Å²) >= 11 is 0. The van der Waals surface area contributed by atoms with Gasteiger partial charge in [-0.05, 0) is 48.7 Å². The zero-order valence-corrected chi connectivity index (χ0v) is 16.4. The molecule has 1 aliphatic heterocycles. The van der Waals surface area contributed by atoms with Crippen molar-refractivity contribution in [2.45, 2.75) is 31.2 Å². The lowest BCUT2D eigenvalue weighted by molar-refractivity contribution is -0.138. The molecule has 9 heteroatoms. The molecule has 31 heavy (non-hydrogen) atoms. The third-order valence-electron chi connectivity index (χ3n) is 5.12. The first-order chi connectivity index (χ1) is 14.5. The van der Waals surface area contributed by atoms with Crippen molar-refractivity contribution < 1.29 is 35.9 Å². The molecule has 3 nitrogen and oxygen atoms in total. The summed E-state index contributed by atoms with van der Waals surface area (Å²) < 4.78 is 84.1. The average molecular weight is 443 g/mol. The third kappa shape index (κ3) is 5.03. The molecule has 0 saturated carbocycles. The summed E-state index contributed by atoms with van der Waals surface area (Å²) in [5.74, 6) is -0.372. The molecule has 1 saturated heterocycles. The Bertz CT molecular complexity index is 981. The zero-order valence-electron chi connectivity index (χ0n) is 16.4. The van der Waals surface area contributed by atoms with Crippen LogP contribution in [0.4, 0.5) is 26.3 Å². The van der Waals surface area contributed by atoms with Crippen molar-refractivity contribution in [3.63, 3.8) is 0 Å². The van der Waals surface area contributed by atoms with E-state index in [2.05, 4.69) is 0 Å². The summed E-state index contributed by atoms with van der Waals surface area (Å²) in [6.45, 7) is 0.272. The van der Waals surface area contributed by atoms with E-state index in [0.29, 0.717) is 12.8 Å². The quantitative estimate of drug-likeness (QED) is 0.422. The molecule has 1 amide bonds. The highest BCUT2D eigenvalue weighted by atomic mass is 19.4. The Morgan fingerprint density at radius 2 is 1.77 bits per heavy atom. The van der Waals surface area contributed by atoms with Crippen LogP contribution in [-0.2, 0) is 17.1 Å². The van der Waals surface area contributed by atoms with Crippen LogP contribution < -0.4 is 4.74 Å². The van der Waals surface area contributed by atoms with E-state index >= 15 is 0 Å². The number of nitrogens with zero attached hydrogens (tertiary/aromatic N) is 1. The fourth-order valence-electron chi connectivity index (χ4n) is 3.68. The molecule has 2 aromatic rings. The molecule has 0 aliphatic carbocycles. The van der Waals surface area contributed by atoms with Crippen LogP contribution in [0.15, 0.2) is 48.5 Å². The molecule has 0 aromatic heterocycles. The monoisotopic (exact) mass is 443 g/mol. The van der Waals surface area contributed by atoms with Gasteiger partial charge in [0, 0.05) is 18.2 Å². The number of methoxy groups -OCH3 is 1. The van der Waals surface area contributed by atoms with E-state index < -0.39 is 35.4 Å². The van der Waals surface area contributed by atoms with Crippen LogP contribution in [0.3, 0.4) is 0 Å². The molecule has 0 radical (unpaired) electrons. The number of halogens is 6. The van der Waals surface area contributed by atoms with E-state index in [-0.39, 0.29) is 23.4 Å². The van der Waals surface area contributed by atoms with Gasteiger partial charge in [-0.3, -0.25) is 4.79 Å². The summed E-state index contributed by atoms with van der Waals surface area (Å²) in [7, 11) is 1.32. The first-order valence-corrected chi connectivity index (χ1v) is 9.42. The van der Waals surface area contributed by atoms with Crippen molar-refractivity contribution in [2.75, 3.05) is 13.7 Å². The molecule has 2 aromatic carbocycles. The largest absolute Gasteiger partial charge is 0.496 e. The molecule has 0 bridgehead atoms. The Morgan fingerprint density at radius 1 is 1.06 bits per heavy atom. The maximum Gasteiger partial charge on any atom is 0.416 e. The van der Waals surface area contributed by atoms with Gasteiger partial charge in [-0.15, -0.1) is 0 Å². The standard InChI is InChI=1S/C22H19F6NO2/c1-31-19-10-9-15(21(23,24)25)13-16(19)18-7-4-12-29(18)20(30)11-8-14-5-2-3-6-17(14)22(26,27)28/h2-3,5-6,8-11,13,18H,4,7,12H2,1H3/b11-8+. The molecule has 3 rings (SSSR count). The van der Waals surface area contributed by atoms with E-state index in [0.717, 1.165) is 30.4 Å². The molecule has 1 fully saturated rings. The number of alkyl halides is 6. The molecule has 166 valence electrons. The van der Waals surface area contributed by atoms with Crippen molar-refractivity contribution in [3.8, 4) is 5.75 Å². The van der Waals surface area contributed by atoms with Gasteiger partial charge in [0.25, 0.3) is 0 Å². The molecule has 1 atom stereocenters.